The van der Waals surface area contributed by atoms with Gasteiger partial charge in [-0.25, -0.2) is 9.78 Å². The van der Waals surface area contributed by atoms with Gasteiger partial charge in [0.05, 0.1) is 6.61 Å². The molecule has 0 bridgehead atoms. The minimum Gasteiger partial charge on any atom is -0.485 e. The fourth-order valence-corrected chi connectivity index (χ4v) is 3.93. The van der Waals surface area contributed by atoms with E-state index in [1.54, 1.807) is 18.2 Å². The van der Waals surface area contributed by atoms with Crippen LogP contribution in [0.5, 0.6) is 5.75 Å². The summed E-state index contributed by atoms with van der Waals surface area (Å²) in [5.41, 5.74) is 2.40. The van der Waals surface area contributed by atoms with Crippen LogP contribution in [0.4, 0.5) is 0 Å². The Morgan fingerprint density at radius 1 is 0.935 bits per heavy atom. The van der Waals surface area contributed by atoms with Crippen molar-refractivity contribution < 1.29 is 39.7 Å². The summed E-state index contributed by atoms with van der Waals surface area (Å²) in [4.78, 5) is 9.66. The van der Waals surface area contributed by atoms with Gasteiger partial charge in [0.25, 0.3) is 0 Å². The van der Waals surface area contributed by atoms with Crippen molar-refractivity contribution in [2.75, 3.05) is 19.8 Å². The molecule has 2 saturated heterocycles. The molecular formula is C22H25ClO8. The lowest BCUT2D eigenvalue weighted by molar-refractivity contribution is -0.248. The van der Waals surface area contributed by atoms with Gasteiger partial charge in [0, 0.05) is 5.02 Å². The third-order valence-electron chi connectivity index (χ3n) is 5.50. The molecule has 2 aromatic carbocycles. The monoisotopic (exact) mass is 452 g/mol. The molecule has 2 aromatic rings. The van der Waals surface area contributed by atoms with E-state index in [1.165, 1.54) is 0 Å². The maximum atomic E-state index is 10.4. The van der Waals surface area contributed by atoms with Crippen LogP contribution < -0.4 is 4.74 Å². The molecule has 0 aliphatic carbocycles. The van der Waals surface area contributed by atoms with Gasteiger partial charge in [0.15, 0.2) is 6.10 Å². The number of aliphatic hydroxyl groups excluding tert-OH is 4. The molecule has 2 aliphatic rings. The van der Waals surface area contributed by atoms with Crippen LogP contribution in [0.15, 0.2) is 42.5 Å². The van der Waals surface area contributed by atoms with Crippen LogP contribution in [0.25, 0.3) is 0 Å². The van der Waals surface area contributed by atoms with Crippen LogP contribution >= 0.6 is 11.6 Å². The highest BCUT2D eigenvalue weighted by molar-refractivity contribution is 6.31. The predicted octanol–water partition coefficient (Wildman–Crippen LogP) is 1.15. The van der Waals surface area contributed by atoms with E-state index in [-0.39, 0.29) is 6.10 Å². The first kappa shape index (κ1) is 22.4. The van der Waals surface area contributed by atoms with Gasteiger partial charge < -0.3 is 29.9 Å². The van der Waals surface area contributed by atoms with Crippen molar-refractivity contribution in [3.05, 3.63) is 64.2 Å². The molecule has 8 nitrogen and oxygen atoms in total. The smallest absolute Gasteiger partial charge is 0.151 e. The molecule has 0 amide bonds. The van der Waals surface area contributed by atoms with E-state index >= 15 is 0 Å². The Hall–Kier alpha value is -1.75. The maximum Gasteiger partial charge on any atom is 0.151 e. The van der Waals surface area contributed by atoms with Crippen molar-refractivity contribution in [3.63, 3.8) is 0 Å². The lowest BCUT2D eigenvalue weighted by Crippen LogP contribution is -2.55. The number of benzene rings is 2. The zero-order valence-electron chi connectivity index (χ0n) is 16.6. The first-order chi connectivity index (χ1) is 15.0. The Balaban J connectivity index is 1.49. The summed E-state index contributed by atoms with van der Waals surface area (Å²) >= 11 is 6.39. The summed E-state index contributed by atoms with van der Waals surface area (Å²) in [7, 11) is 0. The zero-order valence-corrected chi connectivity index (χ0v) is 17.4. The van der Waals surface area contributed by atoms with Crippen LogP contribution in [0, 0.1) is 0 Å². The van der Waals surface area contributed by atoms with Crippen molar-refractivity contribution in [1.82, 2.24) is 0 Å². The highest BCUT2D eigenvalue weighted by Gasteiger charge is 2.44. The van der Waals surface area contributed by atoms with Crippen LogP contribution in [0.2, 0.25) is 5.02 Å². The topological polar surface area (TPSA) is 118 Å². The molecule has 0 spiro atoms. The van der Waals surface area contributed by atoms with Gasteiger partial charge in [0.1, 0.15) is 49.5 Å². The fraction of sp³-hybridized carbons (Fsp3) is 0.455. The molecule has 5 atom stereocenters. The van der Waals surface area contributed by atoms with Gasteiger partial charge in [-0.3, -0.25) is 0 Å². The summed E-state index contributed by atoms with van der Waals surface area (Å²) in [6.45, 7) is 0.305. The second-order valence-corrected chi connectivity index (χ2v) is 8.14. The van der Waals surface area contributed by atoms with Crippen LogP contribution in [-0.2, 0) is 20.9 Å². The fourth-order valence-electron chi connectivity index (χ4n) is 3.75. The second-order valence-electron chi connectivity index (χ2n) is 7.73. The second kappa shape index (κ2) is 9.81. The largest absolute Gasteiger partial charge is 0.485 e. The van der Waals surface area contributed by atoms with Gasteiger partial charge in [-0.15, -0.1) is 0 Å². The minimum absolute atomic E-state index is 0.129. The number of rotatable bonds is 6. The molecule has 2 heterocycles. The summed E-state index contributed by atoms with van der Waals surface area (Å²) in [5.74, 6) is 0.712. The van der Waals surface area contributed by atoms with Crippen molar-refractivity contribution >= 4 is 11.6 Å². The predicted molar refractivity (Wildman–Crippen MR) is 110 cm³/mol. The molecule has 168 valence electrons. The molecule has 9 heteroatoms. The first-order valence-electron chi connectivity index (χ1n) is 10.0. The Kier molecular flexibility index (Phi) is 7.10. The molecule has 0 saturated carbocycles. The van der Waals surface area contributed by atoms with Crippen LogP contribution in [0.1, 0.15) is 22.8 Å². The third-order valence-corrected chi connectivity index (χ3v) is 5.87. The number of halogens is 1. The van der Waals surface area contributed by atoms with Crippen molar-refractivity contribution in [2.24, 2.45) is 0 Å². The van der Waals surface area contributed by atoms with E-state index in [4.69, 9.17) is 30.8 Å². The van der Waals surface area contributed by atoms with Gasteiger partial charge in [-0.05, 0) is 41.3 Å². The first-order valence-corrected chi connectivity index (χ1v) is 10.4. The quantitative estimate of drug-likeness (QED) is 0.482. The van der Waals surface area contributed by atoms with Crippen molar-refractivity contribution in [3.8, 4) is 5.75 Å². The Morgan fingerprint density at radius 3 is 2.32 bits per heavy atom. The molecule has 2 fully saturated rings. The van der Waals surface area contributed by atoms with Gasteiger partial charge in [-0.1, -0.05) is 35.9 Å². The standard InChI is InChI=1S/C22H25ClO8/c23-17-6-3-13(22-21(27)20(26)19(25)18(9-24)31-22)8-14(17)7-12-1-4-15(5-2-12)30-16-10-28-29-11-16/h1-6,8,16,18-22,24-27H,7,9-11H2/t18-,19-,20+,21-,22+/m1/s1. The lowest BCUT2D eigenvalue weighted by atomic mass is 9.90. The van der Waals surface area contributed by atoms with Crippen LogP contribution in [-0.4, -0.2) is 70.8 Å². The Labute approximate surface area is 184 Å². The van der Waals surface area contributed by atoms with E-state index in [0.717, 1.165) is 11.1 Å². The van der Waals surface area contributed by atoms with Gasteiger partial charge in [-0.2, -0.15) is 0 Å². The van der Waals surface area contributed by atoms with Crippen molar-refractivity contribution in [1.29, 1.82) is 0 Å². The number of hydrogen-bond donors (Lipinski definition) is 4. The zero-order chi connectivity index (χ0) is 22.0. The van der Waals surface area contributed by atoms with Gasteiger partial charge >= 0.3 is 0 Å². The van der Waals surface area contributed by atoms with E-state index in [1.807, 2.05) is 24.3 Å². The molecule has 0 unspecified atom stereocenters. The highest BCUT2D eigenvalue weighted by atomic mass is 35.5. The summed E-state index contributed by atoms with van der Waals surface area (Å²) in [6.07, 6.45) is -5.64. The molecule has 31 heavy (non-hydrogen) atoms. The van der Waals surface area contributed by atoms with Crippen molar-refractivity contribution in [2.45, 2.75) is 43.0 Å². The molecule has 2 aliphatic heterocycles. The summed E-state index contributed by atoms with van der Waals surface area (Å²) in [5, 5.41) is 40.4. The molecule has 0 radical (unpaired) electrons. The Bertz CT molecular complexity index is 868. The van der Waals surface area contributed by atoms with E-state index in [0.29, 0.717) is 36.0 Å². The lowest BCUT2D eigenvalue weighted by Gasteiger charge is -2.40. The highest BCUT2D eigenvalue weighted by Crippen LogP contribution is 2.34. The average molecular weight is 453 g/mol. The number of aliphatic hydroxyl groups is 4. The number of ether oxygens (including phenoxy) is 2. The van der Waals surface area contributed by atoms with Crippen LogP contribution in [0.3, 0.4) is 0 Å². The Morgan fingerprint density at radius 2 is 1.65 bits per heavy atom. The minimum atomic E-state index is -1.43. The maximum absolute atomic E-state index is 10.4. The van der Waals surface area contributed by atoms with E-state index < -0.39 is 37.1 Å². The summed E-state index contributed by atoms with van der Waals surface area (Å²) < 4.78 is 11.4. The molecule has 4 rings (SSSR count). The van der Waals surface area contributed by atoms with E-state index in [9.17, 15) is 20.4 Å². The SMILES string of the molecule is OC[C@H]1O[C@@H](c2ccc(Cl)c(Cc3ccc(OC4COOC4)cc3)c2)[C@H](O)[C@@H](O)[C@@H]1O. The molecule has 0 aromatic heterocycles. The normalized spacial score (nSPS) is 29.3. The summed E-state index contributed by atoms with van der Waals surface area (Å²) in [6, 6.07) is 12.8. The average Bonchev–Trinajstić information content (AvgIpc) is 3.28. The number of hydrogen-bond acceptors (Lipinski definition) is 8. The molecular weight excluding hydrogens is 428 g/mol. The van der Waals surface area contributed by atoms with E-state index in [2.05, 4.69) is 0 Å². The van der Waals surface area contributed by atoms with Gasteiger partial charge in [0.2, 0.25) is 0 Å². The molecule has 4 N–H and O–H groups in total. The third kappa shape index (κ3) is 5.02.